The number of amides is 2. The van der Waals surface area contributed by atoms with Gasteiger partial charge in [0, 0.05) is 25.6 Å². The van der Waals surface area contributed by atoms with Gasteiger partial charge in [0.2, 0.25) is 0 Å². The standard InChI is InChI=1S/C31H36FN3O4S/c1-31(2,3)39-30(38)35-24-9-8-22(14-24)28(35)26(36)13-19(17-33)12-21-7-6-20(15-25(21)32)23-16-27(40-18-23)29(37)34-10-4-5-11-34/h6-7,15-16,18-19,22,24,28H,4-5,8-14H2,1-3H3/t19-,22+,24-,28+/m1/s1. The lowest BCUT2D eigenvalue weighted by Gasteiger charge is -2.35. The number of fused-ring (bicyclic) bond motifs is 2. The zero-order chi connectivity index (χ0) is 28.6. The monoisotopic (exact) mass is 565 g/mol. The summed E-state index contributed by atoms with van der Waals surface area (Å²) in [6.45, 7) is 6.95. The van der Waals surface area contributed by atoms with Gasteiger partial charge in [0.1, 0.15) is 11.4 Å². The Morgan fingerprint density at radius 1 is 1.15 bits per heavy atom. The SMILES string of the molecule is CC(C)(C)OC(=O)N1[C@@H]2CC[C@@H](C2)[C@H]1C(=O)C[C@H](C#N)Cc1ccc(-c2csc(C(=O)N3CCCC3)c2)cc1F. The van der Waals surface area contributed by atoms with Crippen molar-refractivity contribution in [1.82, 2.24) is 9.80 Å². The number of carbonyl (C=O) groups excluding carboxylic acids is 3. The zero-order valence-corrected chi connectivity index (χ0v) is 24.1. The number of Topliss-reactive ketones (excluding diaryl/α,β-unsaturated/α-hetero) is 1. The summed E-state index contributed by atoms with van der Waals surface area (Å²) in [7, 11) is 0. The van der Waals surface area contributed by atoms with Gasteiger partial charge in [-0.1, -0.05) is 12.1 Å². The smallest absolute Gasteiger partial charge is 0.411 e. The first kappa shape index (κ1) is 28.3. The second kappa shape index (κ2) is 11.3. The van der Waals surface area contributed by atoms with Crippen LogP contribution in [0.1, 0.15) is 74.5 Å². The largest absolute Gasteiger partial charge is 0.444 e. The summed E-state index contributed by atoms with van der Waals surface area (Å²) in [5, 5.41) is 11.7. The number of nitriles is 1. The van der Waals surface area contributed by atoms with Gasteiger partial charge in [0.25, 0.3) is 5.91 Å². The van der Waals surface area contributed by atoms with Crippen LogP contribution in [0.2, 0.25) is 0 Å². The number of nitrogens with zero attached hydrogens (tertiary/aromatic N) is 3. The maximum Gasteiger partial charge on any atom is 0.411 e. The van der Waals surface area contributed by atoms with E-state index in [0.717, 1.165) is 50.8 Å². The second-order valence-corrected chi connectivity index (χ2v) is 13.2. The van der Waals surface area contributed by atoms with Crippen LogP contribution in [0.5, 0.6) is 0 Å². The summed E-state index contributed by atoms with van der Waals surface area (Å²) in [6, 6.07) is 8.27. The number of hydrogen-bond acceptors (Lipinski definition) is 6. The Kier molecular flexibility index (Phi) is 8.01. The van der Waals surface area contributed by atoms with E-state index < -0.39 is 29.5 Å². The third-order valence-corrected chi connectivity index (χ3v) is 9.12. The third kappa shape index (κ3) is 5.92. The van der Waals surface area contributed by atoms with E-state index in [4.69, 9.17) is 4.74 Å². The maximum absolute atomic E-state index is 15.2. The van der Waals surface area contributed by atoms with E-state index in [9.17, 15) is 19.6 Å². The number of halogens is 1. The molecule has 5 rings (SSSR count). The summed E-state index contributed by atoms with van der Waals surface area (Å²) < 4.78 is 20.8. The van der Waals surface area contributed by atoms with Gasteiger partial charge in [-0.25, -0.2) is 9.18 Å². The van der Waals surface area contributed by atoms with Gasteiger partial charge in [-0.15, -0.1) is 11.3 Å². The molecule has 2 aromatic rings. The number of carbonyl (C=O) groups is 3. The molecule has 3 fully saturated rings. The average molecular weight is 566 g/mol. The number of likely N-dealkylation sites (tertiary alicyclic amines) is 2. The van der Waals surface area contributed by atoms with Crippen LogP contribution in [0.3, 0.4) is 0 Å². The molecule has 0 radical (unpaired) electrons. The Morgan fingerprint density at radius 3 is 2.58 bits per heavy atom. The molecule has 3 heterocycles. The van der Waals surface area contributed by atoms with E-state index in [-0.39, 0.29) is 36.5 Å². The molecule has 0 spiro atoms. The highest BCUT2D eigenvalue weighted by atomic mass is 32.1. The number of ether oxygens (including phenoxy) is 1. The van der Waals surface area contributed by atoms with E-state index >= 15 is 4.39 Å². The van der Waals surface area contributed by atoms with Crippen molar-refractivity contribution in [2.45, 2.75) is 83.4 Å². The molecular weight excluding hydrogens is 529 g/mol. The molecule has 1 aromatic carbocycles. The van der Waals surface area contributed by atoms with E-state index in [0.29, 0.717) is 16.0 Å². The number of piperidine rings is 1. The molecule has 212 valence electrons. The van der Waals surface area contributed by atoms with Crippen LogP contribution in [0, 0.1) is 29.0 Å². The molecule has 2 aliphatic heterocycles. The van der Waals surface area contributed by atoms with Gasteiger partial charge in [-0.05, 0) is 99.4 Å². The van der Waals surface area contributed by atoms with Crippen LogP contribution in [-0.4, -0.2) is 58.4 Å². The van der Waals surface area contributed by atoms with Gasteiger partial charge in [-0.2, -0.15) is 5.26 Å². The molecule has 0 unspecified atom stereocenters. The van der Waals surface area contributed by atoms with Crippen molar-refractivity contribution in [1.29, 1.82) is 5.26 Å². The summed E-state index contributed by atoms with van der Waals surface area (Å²) in [5.74, 6) is -1.21. The molecule has 1 saturated carbocycles. The average Bonchev–Trinajstić information content (AvgIpc) is 3.71. The lowest BCUT2D eigenvalue weighted by Crippen LogP contribution is -2.51. The quantitative estimate of drug-likeness (QED) is 0.398. The first-order chi connectivity index (χ1) is 19.0. The molecule has 9 heteroatoms. The van der Waals surface area contributed by atoms with Crippen LogP contribution < -0.4 is 0 Å². The molecule has 1 aliphatic carbocycles. The minimum absolute atomic E-state index is 0.0115. The molecule has 2 amide bonds. The van der Waals surface area contributed by atoms with Crippen molar-refractivity contribution in [3.8, 4) is 17.2 Å². The molecular formula is C31H36FN3O4S. The highest BCUT2D eigenvalue weighted by Crippen LogP contribution is 2.44. The fourth-order valence-electron chi connectivity index (χ4n) is 6.34. The van der Waals surface area contributed by atoms with Crippen LogP contribution in [-0.2, 0) is 16.0 Å². The molecule has 0 N–H and O–H groups in total. The normalized spacial score (nSPS) is 22.8. The van der Waals surface area contributed by atoms with Crippen molar-refractivity contribution in [3.63, 3.8) is 0 Å². The summed E-state index contributed by atoms with van der Waals surface area (Å²) >= 11 is 1.36. The summed E-state index contributed by atoms with van der Waals surface area (Å²) in [4.78, 5) is 43.1. The fraction of sp³-hybridized carbons (Fsp3) is 0.548. The van der Waals surface area contributed by atoms with Gasteiger partial charge in [0.05, 0.1) is 22.9 Å². The van der Waals surface area contributed by atoms with Gasteiger partial charge in [-0.3, -0.25) is 14.5 Å². The van der Waals surface area contributed by atoms with Gasteiger partial charge in [0.15, 0.2) is 5.78 Å². The van der Waals surface area contributed by atoms with Crippen LogP contribution >= 0.6 is 11.3 Å². The van der Waals surface area contributed by atoms with Gasteiger partial charge >= 0.3 is 6.09 Å². The first-order valence-electron chi connectivity index (χ1n) is 14.1. The lowest BCUT2D eigenvalue weighted by molar-refractivity contribution is -0.126. The van der Waals surface area contributed by atoms with E-state index in [1.807, 2.05) is 16.3 Å². The van der Waals surface area contributed by atoms with E-state index in [1.165, 1.54) is 17.4 Å². The topological polar surface area (TPSA) is 90.7 Å². The van der Waals surface area contributed by atoms with E-state index in [1.54, 1.807) is 37.8 Å². The predicted molar refractivity (Wildman–Crippen MR) is 150 cm³/mol. The molecule has 40 heavy (non-hydrogen) atoms. The molecule has 2 bridgehead atoms. The maximum atomic E-state index is 15.2. The number of rotatable bonds is 7. The van der Waals surface area contributed by atoms with Crippen LogP contribution in [0.25, 0.3) is 11.1 Å². The molecule has 3 aliphatic rings. The zero-order valence-electron chi connectivity index (χ0n) is 23.3. The van der Waals surface area contributed by atoms with Crippen molar-refractivity contribution in [3.05, 3.63) is 45.9 Å². The molecule has 4 atom stereocenters. The first-order valence-corrected chi connectivity index (χ1v) is 15.0. The van der Waals surface area contributed by atoms with Crippen molar-refractivity contribution >= 4 is 29.1 Å². The highest BCUT2D eigenvalue weighted by molar-refractivity contribution is 7.12. The van der Waals surface area contributed by atoms with Crippen molar-refractivity contribution in [2.24, 2.45) is 11.8 Å². The lowest BCUT2D eigenvalue weighted by atomic mass is 9.87. The molecule has 2 saturated heterocycles. The van der Waals surface area contributed by atoms with Crippen LogP contribution in [0.4, 0.5) is 9.18 Å². The number of thiophene rings is 1. The predicted octanol–water partition coefficient (Wildman–Crippen LogP) is 6.22. The van der Waals surface area contributed by atoms with E-state index in [2.05, 4.69) is 6.07 Å². The molecule has 7 nitrogen and oxygen atoms in total. The minimum Gasteiger partial charge on any atom is -0.444 e. The number of benzene rings is 1. The Labute approximate surface area is 238 Å². The number of hydrogen-bond donors (Lipinski definition) is 0. The third-order valence-electron chi connectivity index (χ3n) is 8.21. The molecule has 1 aromatic heterocycles. The van der Waals surface area contributed by atoms with Crippen molar-refractivity contribution in [2.75, 3.05) is 13.1 Å². The Hall–Kier alpha value is -3.25. The second-order valence-electron chi connectivity index (χ2n) is 12.3. The number of ketones is 1. The van der Waals surface area contributed by atoms with Gasteiger partial charge < -0.3 is 9.64 Å². The Balaban J connectivity index is 1.24. The Morgan fingerprint density at radius 2 is 1.90 bits per heavy atom. The fourth-order valence-corrected chi connectivity index (χ4v) is 7.22. The van der Waals surface area contributed by atoms with Crippen LogP contribution in [0.15, 0.2) is 29.6 Å². The minimum atomic E-state index is -0.710. The Bertz CT molecular complexity index is 1340. The highest BCUT2D eigenvalue weighted by Gasteiger charge is 2.52. The summed E-state index contributed by atoms with van der Waals surface area (Å²) in [5.41, 5.74) is 1.14. The van der Waals surface area contributed by atoms with Crippen molar-refractivity contribution < 1.29 is 23.5 Å². The summed E-state index contributed by atoms with van der Waals surface area (Å²) in [6.07, 6.45) is 4.13.